The van der Waals surface area contributed by atoms with E-state index < -0.39 is 0 Å². The highest BCUT2D eigenvalue weighted by atomic mass is 16.1. The summed E-state index contributed by atoms with van der Waals surface area (Å²) in [5.74, 6) is 2.95. The Balaban J connectivity index is 2.08. The monoisotopic (exact) mass is 124 g/mol. The molecule has 2 rings (SSSR count). The fourth-order valence-corrected chi connectivity index (χ4v) is 2.34. The van der Waals surface area contributed by atoms with Crippen molar-refractivity contribution in [2.75, 3.05) is 0 Å². The van der Waals surface area contributed by atoms with E-state index in [0.29, 0.717) is 5.78 Å². The van der Waals surface area contributed by atoms with Crippen LogP contribution in [0.2, 0.25) is 0 Å². The lowest BCUT2D eigenvalue weighted by molar-refractivity contribution is -0.117. The van der Waals surface area contributed by atoms with Crippen LogP contribution in [0.3, 0.4) is 0 Å². The summed E-state index contributed by atoms with van der Waals surface area (Å²) < 4.78 is 0. The molecule has 0 aromatic heterocycles. The van der Waals surface area contributed by atoms with Crippen LogP contribution in [0.5, 0.6) is 0 Å². The molecule has 2 aliphatic rings. The van der Waals surface area contributed by atoms with Crippen molar-refractivity contribution in [3.8, 4) is 0 Å². The molecule has 2 saturated carbocycles. The van der Waals surface area contributed by atoms with Gasteiger partial charge in [0.25, 0.3) is 0 Å². The number of fused-ring (bicyclic) bond motifs is 1. The van der Waals surface area contributed by atoms with E-state index >= 15 is 0 Å². The van der Waals surface area contributed by atoms with Crippen LogP contribution in [-0.2, 0) is 4.79 Å². The van der Waals surface area contributed by atoms with E-state index in [1.807, 2.05) is 0 Å². The Morgan fingerprint density at radius 3 is 2.67 bits per heavy atom. The summed E-state index contributed by atoms with van der Waals surface area (Å²) in [7, 11) is 0. The smallest absolute Gasteiger partial charge is 0.133 e. The molecule has 0 heterocycles. The number of Topliss-reactive ketones (excluding diaryl/α,β-unsaturated/α-hetero) is 1. The van der Waals surface area contributed by atoms with E-state index in [2.05, 4.69) is 6.92 Å². The van der Waals surface area contributed by atoms with Crippen LogP contribution in [0.15, 0.2) is 0 Å². The molecule has 0 unspecified atom stereocenters. The van der Waals surface area contributed by atoms with Crippen molar-refractivity contribution < 1.29 is 4.79 Å². The third kappa shape index (κ3) is 0.637. The fraction of sp³-hybridized carbons (Fsp3) is 0.875. The van der Waals surface area contributed by atoms with Gasteiger partial charge in [-0.2, -0.15) is 0 Å². The predicted molar refractivity (Wildman–Crippen MR) is 35.0 cm³/mol. The highest BCUT2D eigenvalue weighted by molar-refractivity contribution is 5.81. The molecule has 0 aliphatic heterocycles. The van der Waals surface area contributed by atoms with Gasteiger partial charge in [-0.15, -0.1) is 0 Å². The molecule has 2 fully saturated rings. The number of hydrogen-bond donors (Lipinski definition) is 0. The summed E-state index contributed by atoms with van der Waals surface area (Å²) in [6, 6.07) is 0. The van der Waals surface area contributed by atoms with E-state index in [1.165, 1.54) is 6.42 Å². The zero-order valence-corrected chi connectivity index (χ0v) is 5.76. The third-order valence-electron chi connectivity index (χ3n) is 2.96. The van der Waals surface area contributed by atoms with Crippen molar-refractivity contribution in [3.05, 3.63) is 0 Å². The van der Waals surface area contributed by atoms with Gasteiger partial charge in [-0.1, -0.05) is 6.92 Å². The van der Waals surface area contributed by atoms with Crippen LogP contribution in [-0.4, -0.2) is 5.78 Å². The SMILES string of the molecule is C[C@@H]1C[C@H]2CC(=O)C[C@H]21. The van der Waals surface area contributed by atoms with Crippen molar-refractivity contribution in [2.24, 2.45) is 17.8 Å². The molecule has 1 heteroatoms. The Labute approximate surface area is 55.4 Å². The van der Waals surface area contributed by atoms with Gasteiger partial charge in [0.05, 0.1) is 0 Å². The molecule has 0 aromatic rings. The summed E-state index contributed by atoms with van der Waals surface area (Å²) in [6.07, 6.45) is 3.11. The fourth-order valence-electron chi connectivity index (χ4n) is 2.34. The quantitative estimate of drug-likeness (QED) is 0.479. The Kier molecular flexibility index (Phi) is 0.961. The van der Waals surface area contributed by atoms with Crippen molar-refractivity contribution in [1.82, 2.24) is 0 Å². The van der Waals surface area contributed by atoms with Gasteiger partial charge in [0, 0.05) is 12.8 Å². The first-order valence-corrected chi connectivity index (χ1v) is 3.79. The second-order valence-electron chi connectivity index (χ2n) is 3.58. The van der Waals surface area contributed by atoms with E-state index in [-0.39, 0.29) is 0 Å². The second-order valence-corrected chi connectivity index (χ2v) is 3.58. The van der Waals surface area contributed by atoms with Crippen molar-refractivity contribution in [1.29, 1.82) is 0 Å². The second kappa shape index (κ2) is 1.59. The molecule has 0 N–H and O–H groups in total. The first kappa shape index (κ1) is 5.45. The summed E-state index contributed by atoms with van der Waals surface area (Å²) >= 11 is 0. The molecule has 0 saturated heterocycles. The van der Waals surface area contributed by atoms with E-state index in [1.54, 1.807) is 0 Å². The van der Waals surface area contributed by atoms with Crippen molar-refractivity contribution in [3.63, 3.8) is 0 Å². The lowest BCUT2D eigenvalue weighted by Crippen LogP contribution is -2.29. The van der Waals surface area contributed by atoms with E-state index in [4.69, 9.17) is 0 Å². The summed E-state index contributed by atoms with van der Waals surface area (Å²) in [4.78, 5) is 10.8. The van der Waals surface area contributed by atoms with Crippen LogP contribution in [0.4, 0.5) is 0 Å². The maximum Gasteiger partial charge on any atom is 0.133 e. The maximum atomic E-state index is 10.8. The highest BCUT2D eigenvalue weighted by Crippen LogP contribution is 2.49. The van der Waals surface area contributed by atoms with Crippen LogP contribution < -0.4 is 0 Å². The Hall–Kier alpha value is -0.330. The molecule has 0 amide bonds. The number of ketones is 1. The van der Waals surface area contributed by atoms with Gasteiger partial charge in [0.15, 0.2) is 0 Å². The number of rotatable bonds is 0. The van der Waals surface area contributed by atoms with Crippen LogP contribution in [0, 0.1) is 17.8 Å². The average Bonchev–Trinajstić information content (AvgIpc) is 2.08. The van der Waals surface area contributed by atoms with E-state index in [0.717, 1.165) is 30.6 Å². The number of carbonyl (C=O) groups excluding carboxylic acids is 1. The first-order valence-electron chi connectivity index (χ1n) is 3.79. The summed E-state index contributed by atoms with van der Waals surface area (Å²) in [6.45, 7) is 2.26. The lowest BCUT2D eigenvalue weighted by Gasteiger charge is -2.37. The molecule has 0 spiro atoms. The Bertz CT molecular complexity index is 151. The van der Waals surface area contributed by atoms with Gasteiger partial charge in [-0.25, -0.2) is 0 Å². The Morgan fingerprint density at radius 2 is 2.22 bits per heavy atom. The topological polar surface area (TPSA) is 17.1 Å². The molecule has 3 atom stereocenters. The maximum absolute atomic E-state index is 10.8. The number of hydrogen-bond acceptors (Lipinski definition) is 1. The van der Waals surface area contributed by atoms with Crippen molar-refractivity contribution in [2.45, 2.75) is 26.2 Å². The standard InChI is InChI=1S/C8H12O/c1-5-2-6-3-7(9)4-8(5)6/h5-6,8H,2-4H2,1H3/t5-,6+,8+/m1/s1. The minimum absolute atomic E-state index is 0.509. The zero-order valence-electron chi connectivity index (χ0n) is 5.76. The molecular formula is C8H12O. The van der Waals surface area contributed by atoms with Crippen LogP contribution >= 0.6 is 0 Å². The van der Waals surface area contributed by atoms with Gasteiger partial charge < -0.3 is 0 Å². The van der Waals surface area contributed by atoms with Crippen LogP contribution in [0.25, 0.3) is 0 Å². The van der Waals surface area contributed by atoms with Gasteiger partial charge in [0.2, 0.25) is 0 Å². The molecule has 0 aromatic carbocycles. The largest absolute Gasteiger partial charge is 0.300 e. The third-order valence-corrected chi connectivity index (χ3v) is 2.96. The van der Waals surface area contributed by atoms with Crippen LogP contribution in [0.1, 0.15) is 26.2 Å². The molecule has 0 radical (unpaired) electrons. The zero-order chi connectivity index (χ0) is 6.43. The minimum Gasteiger partial charge on any atom is -0.300 e. The Morgan fingerprint density at radius 1 is 1.44 bits per heavy atom. The van der Waals surface area contributed by atoms with Gasteiger partial charge in [0.1, 0.15) is 5.78 Å². The molecule has 2 aliphatic carbocycles. The first-order chi connectivity index (χ1) is 4.27. The van der Waals surface area contributed by atoms with Gasteiger partial charge in [-0.05, 0) is 24.2 Å². The lowest BCUT2D eigenvalue weighted by atomic mass is 9.68. The molecule has 9 heavy (non-hydrogen) atoms. The summed E-state index contributed by atoms with van der Waals surface area (Å²) in [5, 5.41) is 0. The summed E-state index contributed by atoms with van der Waals surface area (Å²) in [5.41, 5.74) is 0. The molecule has 1 nitrogen and oxygen atoms in total. The minimum atomic E-state index is 0.509. The molecule has 0 bridgehead atoms. The van der Waals surface area contributed by atoms with Gasteiger partial charge >= 0.3 is 0 Å². The van der Waals surface area contributed by atoms with Crippen molar-refractivity contribution >= 4 is 5.78 Å². The normalized spacial score (nSPS) is 48.6. The molecule has 50 valence electrons. The predicted octanol–water partition coefficient (Wildman–Crippen LogP) is 1.62. The number of carbonyl (C=O) groups is 1. The average molecular weight is 124 g/mol. The highest BCUT2D eigenvalue weighted by Gasteiger charge is 2.44. The molecular weight excluding hydrogens is 112 g/mol. The van der Waals surface area contributed by atoms with E-state index in [9.17, 15) is 4.79 Å². The van der Waals surface area contributed by atoms with Gasteiger partial charge in [-0.3, -0.25) is 4.79 Å².